The third-order valence-corrected chi connectivity index (χ3v) is 4.12. The van der Waals surface area contributed by atoms with Gasteiger partial charge in [0.25, 0.3) is 0 Å². The number of anilines is 1. The standard InChI is InChI=1S/C15H26N4/c1-5-14-8-7-11(3)19(14)15-17-10-13(9-16-6-2)12(4)18-15/h10-11,14,16H,5-9H2,1-4H3. The molecule has 0 amide bonds. The van der Waals surface area contributed by atoms with Crippen molar-refractivity contribution in [3.8, 4) is 0 Å². The molecule has 1 fully saturated rings. The minimum Gasteiger partial charge on any atom is -0.335 e. The molecule has 1 aromatic heterocycles. The molecule has 4 heteroatoms. The predicted molar refractivity (Wildman–Crippen MR) is 79.4 cm³/mol. The summed E-state index contributed by atoms with van der Waals surface area (Å²) in [6.07, 6.45) is 5.67. The van der Waals surface area contributed by atoms with Gasteiger partial charge in [0.2, 0.25) is 5.95 Å². The molecular formula is C15H26N4. The van der Waals surface area contributed by atoms with Crippen LogP contribution in [0.5, 0.6) is 0 Å². The largest absolute Gasteiger partial charge is 0.335 e. The van der Waals surface area contributed by atoms with Crippen LogP contribution in [0.25, 0.3) is 0 Å². The van der Waals surface area contributed by atoms with Crippen LogP contribution in [0.2, 0.25) is 0 Å². The third-order valence-electron chi connectivity index (χ3n) is 4.12. The van der Waals surface area contributed by atoms with Crippen molar-refractivity contribution >= 4 is 5.95 Å². The van der Waals surface area contributed by atoms with E-state index in [-0.39, 0.29) is 0 Å². The number of nitrogens with one attached hydrogen (secondary N) is 1. The van der Waals surface area contributed by atoms with Crippen molar-refractivity contribution in [2.45, 2.75) is 65.6 Å². The Bertz CT molecular complexity index is 419. The van der Waals surface area contributed by atoms with E-state index < -0.39 is 0 Å². The van der Waals surface area contributed by atoms with Crippen LogP contribution in [-0.2, 0) is 6.54 Å². The van der Waals surface area contributed by atoms with E-state index in [1.165, 1.54) is 24.8 Å². The van der Waals surface area contributed by atoms with Crippen LogP contribution in [0.1, 0.15) is 51.3 Å². The Hall–Kier alpha value is -1.16. The van der Waals surface area contributed by atoms with Crippen molar-refractivity contribution in [3.05, 3.63) is 17.5 Å². The Labute approximate surface area is 116 Å². The number of nitrogens with zero attached hydrogens (tertiary/aromatic N) is 3. The molecule has 106 valence electrons. The quantitative estimate of drug-likeness (QED) is 0.885. The topological polar surface area (TPSA) is 41.1 Å². The third kappa shape index (κ3) is 3.06. The fourth-order valence-electron chi connectivity index (χ4n) is 2.87. The summed E-state index contributed by atoms with van der Waals surface area (Å²) in [5.74, 6) is 0.912. The first kappa shape index (κ1) is 14.3. The van der Waals surface area contributed by atoms with E-state index in [0.717, 1.165) is 24.7 Å². The second kappa shape index (κ2) is 6.33. The smallest absolute Gasteiger partial charge is 0.226 e. The van der Waals surface area contributed by atoms with E-state index in [4.69, 9.17) is 4.98 Å². The first-order chi connectivity index (χ1) is 9.17. The molecule has 2 atom stereocenters. The zero-order valence-electron chi connectivity index (χ0n) is 12.6. The summed E-state index contributed by atoms with van der Waals surface area (Å²) in [6.45, 7) is 10.6. The molecule has 19 heavy (non-hydrogen) atoms. The summed E-state index contributed by atoms with van der Waals surface area (Å²) in [6, 6.07) is 1.16. The molecule has 1 N–H and O–H groups in total. The zero-order chi connectivity index (χ0) is 13.8. The molecule has 0 radical (unpaired) electrons. The predicted octanol–water partition coefficient (Wildman–Crippen LogP) is 2.66. The highest BCUT2D eigenvalue weighted by molar-refractivity contribution is 5.37. The molecule has 2 rings (SSSR count). The number of hydrogen-bond donors (Lipinski definition) is 1. The van der Waals surface area contributed by atoms with Gasteiger partial charge in [-0.15, -0.1) is 0 Å². The molecule has 0 aromatic carbocycles. The molecular weight excluding hydrogens is 236 g/mol. The summed E-state index contributed by atoms with van der Waals surface area (Å²) in [5.41, 5.74) is 2.30. The monoisotopic (exact) mass is 262 g/mol. The van der Waals surface area contributed by atoms with E-state index in [9.17, 15) is 0 Å². The Kier molecular flexibility index (Phi) is 4.75. The van der Waals surface area contributed by atoms with Gasteiger partial charge in [-0.05, 0) is 39.7 Å². The molecule has 0 aliphatic carbocycles. The van der Waals surface area contributed by atoms with E-state index in [1.54, 1.807) is 0 Å². The van der Waals surface area contributed by atoms with Crippen LogP contribution in [-0.4, -0.2) is 28.6 Å². The number of aromatic nitrogens is 2. The summed E-state index contributed by atoms with van der Waals surface area (Å²) in [4.78, 5) is 11.7. The van der Waals surface area contributed by atoms with Crippen LogP contribution < -0.4 is 10.2 Å². The number of rotatable bonds is 5. The van der Waals surface area contributed by atoms with E-state index in [1.807, 2.05) is 6.20 Å². The summed E-state index contributed by atoms with van der Waals surface area (Å²) < 4.78 is 0. The Morgan fingerprint density at radius 3 is 2.79 bits per heavy atom. The second-order valence-corrected chi connectivity index (χ2v) is 5.46. The maximum Gasteiger partial charge on any atom is 0.226 e. The lowest BCUT2D eigenvalue weighted by Crippen LogP contribution is -2.35. The van der Waals surface area contributed by atoms with E-state index in [2.05, 4.69) is 42.9 Å². The van der Waals surface area contributed by atoms with Crippen molar-refractivity contribution < 1.29 is 0 Å². The van der Waals surface area contributed by atoms with Crippen molar-refractivity contribution in [2.75, 3.05) is 11.4 Å². The summed E-state index contributed by atoms with van der Waals surface area (Å²) >= 11 is 0. The SMILES string of the molecule is CCNCc1cnc(N2C(C)CCC2CC)nc1C. The van der Waals surface area contributed by atoms with E-state index >= 15 is 0 Å². The van der Waals surface area contributed by atoms with Gasteiger partial charge in [-0.3, -0.25) is 0 Å². The molecule has 1 aliphatic heterocycles. The van der Waals surface area contributed by atoms with Gasteiger partial charge in [0.15, 0.2) is 0 Å². The van der Waals surface area contributed by atoms with Gasteiger partial charge in [-0.2, -0.15) is 0 Å². The van der Waals surface area contributed by atoms with Crippen LogP contribution in [0, 0.1) is 6.92 Å². The Morgan fingerprint density at radius 2 is 2.16 bits per heavy atom. The number of hydrogen-bond acceptors (Lipinski definition) is 4. The molecule has 1 saturated heterocycles. The van der Waals surface area contributed by atoms with Crippen molar-refractivity contribution in [1.29, 1.82) is 0 Å². The van der Waals surface area contributed by atoms with Gasteiger partial charge in [0, 0.05) is 36.1 Å². The maximum absolute atomic E-state index is 4.73. The van der Waals surface area contributed by atoms with Crippen LogP contribution in [0.4, 0.5) is 5.95 Å². The van der Waals surface area contributed by atoms with Gasteiger partial charge in [-0.1, -0.05) is 13.8 Å². The van der Waals surface area contributed by atoms with Crippen LogP contribution in [0.15, 0.2) is 6.20 Å². The Balaban J connectivity index is 2.18. The molecule has 1 aromatic rings. The summed E-state index contributed by atoms with van der Waals surface area (Å²) in [5, 5.41) is 3.33. The van der Waals surface area contributed by atoms with Crippen molar-refractivity contribution in [2.24, 2.45) is 0 Å². The van der Waals surface area contributed by atoms with Crippen LogP contribution >= 0.6 is 0 Å². The molecule has 2 unspecified atom stereocenters. The normalized spacial score (nSPS) is 23.1. The summed E-state index contributed by atoms with van der Waals surface area (Å²) in [7, 11) is 0. The fourth-order valence-corrected chi connectivity index (χ4v) is 2.87. The van der Waals surface area contributed by atoms with Crippen molar-refractivity contribution in [1.82, 2.24) is 15.3 Å². The van der Waals surface area contributed by atoms with Gasteiger partial charge < -0.3 is 10.2 Å². The van der Waals surface area contributed by atoms with Gasteiger partial charge >= 0.3 is 0 Å². The minimum atomic E-state index is 0.559. The average molecular weight is 262 g/mol. The zero-order valence-corrected chi connectivity index (χ0v) is 12.6. The lowest BCUT2D eigenvalue weighted by atomic mass is 10.2. The molecule has 1 aliphatic rings. The highest BCUT2D eigenvalue weighted by atomic mass is 15.3. The lowest BCUT2D eigenvalue weighted by molar-refractivity contribution is 0.610. The average Bonchev–Trinajstić information content (AvgIpc) is 2.78. The fraction of sp³-hybridized carbons (Fsp3) is 0.733. The first-order valence-corrected chi connectivity index (χ1v) is 7.48. The van der Waals surface area contributed by atoms with Crippen LogP contribution in [0.3, 0.4) is 0 Å². The molecule has 0 saturated carbocycles. The molecule has 2 heterocycles. The number of aryl methyl sites for hydroxylation is 1. The second-order valence-electron chi connectivity index (χ2n) is 5.46. The Morgan fingerprint density at radius 1 is 1.37 bits per heavy atom. The van der Waals surface area contributed by atoms with Crippen molar-refractivity contribution in [3.63, 3.8) is 0 Å². The highest BCUT2D eigenvalue weighted by Gasteiger charge is 2.31. The maximum atomic E-state index is 4.73. The van der Waals surface area contributed by atoms with Gasteiger partial charge in [0.05, 0.1) is 0 Å². The van der Waals surface area contributed by atoms with Gasteiger partial charge in [0.1, 0.15) is 0 Å². The van der Waals surface area contributed by atoms with E-state index in [0.29, 0.717) is 12.1 Å². The lowest BCUT2D eigenvalue weighted by Gasteiger charge is -2.28. The van der Waals surface area contributed by atoms with Gasteiger partial charge in [-0.25, -0.2) is 9.97 Å². The molecule has 0 spiro atoms. The molecule has 4 nitrogen and oxygen atoms in total. The minimum absolute atomic E-state index is 0.559. The molecule has 0 bridgehead atoms. The highest BCUT2D eigenvalue weighted by Crippen LogP contribution is 2.29. The first-order valence-electron chi connectivity index (χ1n) is 7.48.